The zero-order chi connectivity index (χ0) is 15.6. The molecule has 0 bridgehead atoms. The van der Waals surface area contributed by atoms with E-state index >= 15 is 0 Å². The Morgan fingerprint density at radius 1 is 1.09 bits per heavy atom. The number of thioether (sulfide) groups is 1. The first-order chi connectivity index (χ1) is 11.3. The Kier molecular flexibility index (Phi) is 3.77. The molecule has 0 saturated carbocycles. The molecule has 23 heavy (non-hydrogen) atoms. The third-order valence-corrected chi connectivity index (χ3v) is 4.49. The summed E-state index contributed by atoms with van der Waals surface area (Å²) < 4.78 is 10.8. The van der Waals surface area contributed by atoms with Crippen molar-refractivity contribution in [2.45, 2.75) is 11.0 Å². The molecule has 0 N–H and O–H groups in total. The van der Waals surface area contributed by atoms with Crippen molar-refractivity contribution >= 4 is 34.3 Å². The fourth-order valence-electron chi connectivity index (χ4n) is 2.22. The maximum Gasteiger partial charge on any atom is 0.284 e. The Morgan fingerprint density at radius 2 is 2.04 bits per heavy atom. The number of rotatable bonds is 4. The highest BCUT2D eigenvalue weighted by molar-refractivity contribution is 7.98. The van der Waals surface area contributed by atoms with Crippen molar-refractivity contribution in [3.8, 4) is 11.7 Å². The van der Waals surface area contributed by atoms with E-state index in [1.807, 2.05) is 24.3 Å². The molecule has 0 aliphatic carbocycles. The Morgan fingerprint density at radius 3 is 2.91 bits per heavy atom. The summed E-state index contributed by atoms with van der Waals surface area (Å²) in [5.74, 6) is 1.59. The summed E-state index contributed by atoms with van der Waals surface area (Å²) in [4.78, 5) is 4.42. The Labute approximate surface area is 140 Å². The van der Waals surface area contributed by atoms with Crippen LogP contribution >= 0.6 is 23.4 Å². The molecule has 0 spiro atoms. The number of hydrogen-bond acceptors (Lipinski definition) is 6. The molecule has 0 aliphatic heterocycles. The lowest BCUT2D eigenvalue weighted by atomic mass is 10.1. The average Bonchev–Trinajstić information content (AvgIpc) is 3.26. The van der Waals surface area contributed by atoms with Crippen molar-refractivity contribution in [1.29, 1.82) is 0 Å². The van der Waals surface area contributed by atoms with Crippen molar-refractivity contribution in [1.82, 2.24) is 15.2 Å². The van der Waals surface area contributed by atoms with Crippen LogP contribution in [0.2, 0.25) is 5.02 Å². The van der Waals surface area contributed by atoms with E-state index in [1.54, 1.807) is 24.6 Å². The predicted molar refractivity (Wildman–Crippen MR) is 88.3 cm³/mol. The van der Waals surface area contributed by atoms with Crippen LogP contribution in [0.3, 0.4) is 0 Å². The number of fused-ring (bicyclic) bond motifs is 1. The fourth-order valence-corrected chi connectivity index (χ4v) is 3.18. The number of halogens is 1. The van der Waals surface area contributed by atoms with Crippen LogP contribution in [-0.2, 0) is 5.75 Å². The first kappa shape index (κ1) is 14.3. The molecule has 4 rings (SSSR count). The molecular formula is C16H10ClN3O2S. The smallest absolute Gasteiger partial charge is 0.284 e. The summed E-state index contributed by atoms with van der Waals surface area (Å²) in [7, 11) is 0. The minimum Gasteiger partial charge on any atom is -0.459 e. The molecule has 4 aromatic rings. The summed E-state index contributed by atoms with van der Waals surface area (Å²) in [5.41, 5.74) is 1.95. The van der Waals surface area contributed by atoms with Crippen molar-refractivity contribution in [2.75, 3.05) is 0 Å². The van der Waals surface area contributed by atoms with Gasteiger partial charge in [-0.2, -0.15) is 0 Å². The molecule has 0 radical (unpaired) electrons. The van der Waals surface area contributed by atoms with Crippen LogP contribution in [0.1, 0.15) is 5.56 Å². The van der Waals surface area contributed by atoms with E-state index in [2.05, 4.69) is 15.2 Å². The highest BCUT2D eigenvalue weighted by Crippen LogP contribution is 2.30. The number of hydrogen-bond donors (Lipinski definition) is 0. The standard InChI is InChI=1S/C16H10ClN3O2S/c17-12-6-5-10(14-11(12)3-1-7-18-14)9-23-16-20-19-15(22-16)13-4-2-8-21-13/h1-8H,9H2. The van der Waals surface area contributed by atoms with Gasteiger partial charge in [-0.3, -0.25) is 4.98 Å². The van der Waals surface area contributed by atoms with Gasteiger partial charge in [0.1, 0.15) is 0 Å². The molecule has 0 unspecified atom stereocenters. The van der Waals surface area contributed by atoms with Gasteiger partial charge in [0.25, 0.3) is 11.1 Å². The second kappa shape index (κ2) is 6.06. The van der Waals surface area contributed by atoms with Crippen LogP contribution in [0.15, 0.2) is 62.9 Å². The number of furan rings is 1. The van der Waals surface area contributed by atoms with E-state index < -0.39 is 0 Å². The normalized spacial score (nSPS) is 11.2. The van der Waals surface area contributed by atoms with Crippen molar-refractivity contribution in [3.05, 3.63) is 59.4 Å². The summed E-state index contributed by atoms with van der Waals surface area (Å²) in [6.45, 7) is 0. The SMILES string of the molecule is Clc1ccc(CSc2nnc(-c3ccco3)o2)c2ncccc12. The Bertz CT molecular complexity index is 953. The van der Waals surface area contributed by atoms with Crippen LogP contribution in [0.4, 0.5) is 0 Å². The first-order valence-corrected chi connectivity index (χ1v) is 8.20. The Balaban J connectivity index is 1.57. The Hall–Kier alpha value is -2.31. The molecule has 0 amide bonds. The van der Waals surface area contributed by atoms with Crippen LogP contribution in [0, 0.1) is 0 Å². The van der Waals surface area contributed by atoms with Crippen molar-refractivity contribution in [2.24, 2.45) is 0 Å². The molecule has 3 heterocycles. The molecule has 114 valence electrons. The quantitative estimate of drug-likeness (QED) is 0.495. The maximum atomic E-state index is 6.21. The largest absolute Gasteiger partial charge is 0.459 e. The number of nitrogens with zero attached hydrogens (tertiary/aromatic N) is 3. The van der Waals surface area contributed by atoms with E-state index in [9.17, 15) is 0 Å². The predicted octanol–water partition coefficient (Wildman–Crippen LogP) is 4.82. The zero-order valence-corrected chi connectivity index (χ0v) is 13.3. The molecule has 0 atom stereocenters. The monoisotopic (exact) mass is 343 g/mol. The molecule has 5 nitrogen and oxygen atoms in total. The number of pyridine rings is 1. The molecular weight excluding hydrogens is 334 g/mol. The third-order valence-electron chi connectivity index (χ3n) is 3.29. The lowest BCUT2D eigenvalue weighted by Gasteiger charge is -2.05. The molecule has 7 heteroatoms. The number of benzene rings is 1. The topological polar surface area (TPSA) is 65.0 Å². The van der Waals surface area contributed by atoms with E-state index in [1.165, 1.54) is 11.8 Å². The van der Waals surface area contributed by atoms with E-state index in [0.717, 1.165) is 16.5 Å². The maximum absolute atomic E-state index is 6.21. The van der Waals surface area contributed by atoms with Crippen LogP contribution < -0.4 is 0 Å². The second-order valence-corrected chi connectivity index (χ2v) is 6.08. The lowest BCUT2D eigenvalue weighted by molar-refractivity contribution is 0.447. The second-order valence-electron chi connectivity index (χ2n) is 4.75. The highest BCUT2D eigenvalue weighted by Gasteiger charge is 2.12. The van der Waals surface area contributed by atoms with Gasteiger partial charge in [-0.05, 0) is 35.9 Å². The van der Waals surface area contributed by atoms with Gasteiger partial charge in [0, 0.05) is 22.4 Å². The molecule has 0 aliphatic rings. The van der Waals surface area contributed by atoms with Gasteiger partial charge < -0.3 is 8.83 Å². The van der Waals surface area contributed by atoms with Gasteiger partial charge in [-0.15, -0.1) is 10.2 Å². The summed E-state index contributed by atoms with van der Waals surface area (Å²) >= 11 is 7.66. The minimum atomic E-state index is 0.372. The van der Waals surface area contributed by atoms with Gasteiger partial charge in [0.05, 0.1) is 11.8 Å². The summed E-state index contributed by atoms with van der Waals surface area (Å²) in [6, 6.07) is 11.2. The summed E-state index contributed by atoms with van der Waals surface area (Å²) in [6.07, 6.45) is 3.33. The van der Waals surface area contributed by atoms with E-state index in [4.69, 9.17) is 20.4 Å². The van der Waals surface area contributed by atoms with Crippen LogP contribution in [-0.4, -0.2) is 15.2 Å². The lowest BCUT2D eigenvalue weighted by Crippen LogP contribution is -1.88. The number of aromatic nitrogens is 3. The zero-order valence-electron chi connectivity index (χ0n) is 11.8. The van der Waals surface area contributed by atoms with Crippen LogP contribution in [0.5, 0.6) is 0 Å². The first-order valence-electron chi connectivity index (χ1n) is 6.83. The fraction of sp³-hybridized carbons (Fsp3) is 0.0625. The molecule has 1 aromatic carbocycles. The molecule has 0 saturated heterocycles. The molecule has 3 aromatic heterocycles. The van der Waals surface area contributed by atoms with E-state index in [-0.39, 0.29) is 0 Å². The van der Waals surface area contributed by atoms with Gasteiger partial charge in [-0.1, -0.05) is 29.4 Å². The minimum absolute atomic E-state index is 0.372. The summed E-state index contributed by atoms with van der Waals surface area (Å²) in [5, 5.41) is 10.1. The van der Waals surface area contributed by atoms with Crippen LogP contribution in [0.25, 0.3) is 22.6 Å². The highest BCUT2D eigenvalue weighted by atomic mass is 35.5. The van der Waals surface area contributed by atoms with E-state index in [0.29, 0.717) is 27.6 Å². The van der Waals surface area contributed by atoms with Crippen molar-refractivity contribution in [3.63, 3.8) is 0 Å². The van der Waals surface area contributed by atoms with Gasteiger partial charge in [-0.25, -0.2) is 0 Å². The third kappa shape index (κ3) is 2.83. The van der Waals surface area contributed by atoms with Gasteiger partial charge >= 0.3 is 0 Å². The van der Waals surface area contributed by atoms with Gasteiger partial charge in [0.15, 0.2) is 5.76 Å². The molecule has 0 fully saturated rings. The van der Waals surface area contributed by atoms with Gasteiger partial charge in [0.2, 0.25) is 0 Å². The van der Waals surface area contributed by atoms with Crippen molar-refractivity contribution < 1.29 is 8.83 Å². The average molecular weight is 344 g/mol.